The normalized spacial score (nSPS) is 11.2. The van der Waals surface area contributed by atoms with Gasteiger partial charge in [0, 0.05) is 17.5 Å². The van der Waals surface area contributed by atoms with Crippen LogP contribution in [0.1, 0.15) is 12.7 Å². The van der Waals surface area contributed by atoms with Crippen molar-refractivity contribution < 1.29 is 0 Å². The van der Waals surface area contributed by atoms with Crippen LogP contribution >= 0.6 is 0 Å². The second-order valence-corrected chi connectivity index (χ2v) is 6.84. The number of benzene rings is 4. The van der Waals surface area contributed by atoms with E-state index in [-0.39, 0.29) is 0 Å². The Kier molecular flexibility index (Phi) is 4.06. The molecule has 0 fully saturated rings. The van der Waals surface area contributed by atoms with Gasteiger partial charge < -0.3 is 0 Å². The molecule has 28 heavy (non-hydrogen) atoms. The molecule has 0 radical (unpaired) electrons. The van der Waals surface area contributed by atoms with Crippen molar-refractivity contribution in [3.05, 3.63) is 90.8 Å². The van der Waals surface area contributed by atoms with Gasteiger partial charge in [-0.2, -0.15) is 0 Å². The van der Waals surface area contributed by atoms with Gasteiger partial charge in [0.05, 0.1) is 0 Å². The van der Waals surface area contributed by atoms with Gasteiger partial charge >= 0.3 is 0 Å². The lowest BCUT2D eigenvalue weighted by atomic mass is 10.0. The minimum atomic E-state index is 0.723. The first-order valence-electron chi connectivity index (χ1n) is 9.54. The first-order valence-corrected chi connectivity index (χ1v) is 9.54. The first kappa shape index (κ1) is 16.6. The predicted octanol–water partition coefficient (Wildman–Crippen LogP) is 6.07. The summed E-state index contributed by atoms with van der Waals surface area (Å²) in [6.07, 6.45) is 0.765. The van der Waals surface area contributed by atoms with E-state index in [2.05, 4.69) is 91.9 Å². The zero-order valence-electron chi connectivity index (χ0n) is 15.6. The molecule has 3 nitrogen and oxygen atoms in total. The maximum atomic E-state index is 4.86. The zero-order valence-corrected chi connectivity index (χ0v) is 15.6. The van der Waals surface area contributed by atoms with Crippen molar-refractivity contribution in [2.45, 2.75) is 13.3 Å². The summed E-state index contributed by atoms with van der Waals surface area (Å²) in [7, 11) is 0. The summed E-state index contributed by atoms with van der Waals surface area (Å²) in [5, 5.41) is 4.74. The second kappa shape index (κ2) is 6.86. The Balaban J connectivity index is 1.71. The molecular formula is C25H19N3. The molecule has 5 aromatic rings. The van der Waals surface area contributed by atoms with Gasteiger partial charge in [0.25, 0.3) is 0 Å². The van der Waals surface area contributed by atoms with E-state index in [1.165, 1.54) is 16.2 Å². The van der Waals surface area contributed by atoms with Gasteiger partial charge in [0.1, 0.15) is 5.82 Å². The molecule has 3 heteroatoms. The molecule has 0 saturated heterocycles. The Morgan fingerprint density at radius 1 is 0.607 bits per heavy atom. The Morgan fingerprint density at radius 3 is 2.18 bits per heavy atom. The van der Waals surface area contributed by atoms with Crippen LogP contribution in [0.4, 0.5) is 0 Å². The molecule has 4 aromatic carbocycles. The van der Waals surface area contributed by atoms with Crippen LogP contribution in [0.15, 0.2) is 84.9 Å². The number of fused-ring (bicyclic) bond motifs is 2. The Bertz CT molecular complexity index is 1300. The molecule has 0 aliphatic heterocycles. The summed E-state index contributed by atoms with van der Waals surface area (Å²) in [4.78, 5) is 14.3. The topological polar surface area (TPSA) is 38.7 Å². The van der Waals surface area contributed by atoms with Crippen molar-refractivity contribution in [3.8, 4) is 22.8 Å². The van der Waals surface area contributed by atoms with E-state index in [0.717, 1.165) is 40.4 Å². The van der Waals surface area contributed by atoms with Crippen LogP contribution in [-0.2, 0) is 6.42 Å². The lowest BCUT2D eigenvalue weighted by Gasteiger charge is -2.09. The number of aryl methyl sites for hydroxylation is 1. The molecule has 1 aromatic heterocycles. The van der Waals surface area contributed by atoms with E-state index in [0.29, 0.717) is 0 Å². The van der Waals surface area contributed by atoms with E-state index in [9.17, 15) is 0 Å². The third kappa shape index (κ3) is 2.91. The number of hydrogen-bond acceptors (Lipinski definition) is 3. The molecule has 5 rings (SSSR count). The average Bonchev–Trinajstić information content (AvgIpc) is 2.78. The van der Waals surface area contributed by atoms with E-state index >= 15 is 0 Å². The van der Waals surface area contributed by atoms with Crippen LogP contribution in [0.3, 0.4) is 0 Å². The quantitative estimate of drug-likeness (QED) is 0.391. The molecule has 0 amide bonds. The van der Waals surface area contributed by atoms with Gasteiger partial charge in [-0.1, -0.05) is 85.8 Å². The molecule has 0 N–H and O–H groups in total. The van der Waals surface area contributed by atoms with Gasteiger partial charge in [-0.05, 0) is 27.6 Å². The van der Waals surface area contributed by atoms with E-state index in [1.54, 1.807) is 0 Å². The van der Waals surface area contributed by atoms with E-state index < -0.39 is 0 Å². The Labute approximate surface area is 163 Å². The highest BCUT2D eigenvalue weighted by atomic mass is 15.0. The zero-order chi connectivity index (χ0) is 18.9. The number of aromatic nitrogens is 3. The third-order valence-electron chi connectivity index (χ3n) is 5.04. The molecule has 0 atom stereocenters. The molecule has 0 spiro atoms. The number of hydrogen-bond donors (Lipinski definition) is 0. The van der Waals surface area contributed by atoms with Crippen LogP contribution in [0.5, 0.6) is 0 Å². The number of rotatable bonds is 3. The van der Waals surface area contributed by atoms with E-state index in [4.69, 9.17) is 15.0 Å². The molecule has 0 unspecified atom stereocenters. The van der Waals surface area contributed by atoms with E-state index in [1.807, 2.05) is 0 Å². The molecule has 0 aliphatic rings. The molecule has 0 aliphatic carbocycles. The molecule has 1 heterocycles. The first-order chi connectivity index (χ1) is 13.8. The van der Waals surface area contributed by atoms with Crippen LogP contribution in [0.25, 0.3) is 44.3 Å². The Morgan fingerprint density at radius 2 is 1.32 bits per heavy atom. The second-order valence-electron chi connectivity index (χ2n) is 6.84. The highest BCUT2D eigenvalue weighted by Gasteiger charge is 2.12. The molecule has 134 valence electrons. The maximum absolute atomic E-state index is 4.86. The summed E-state index contributed by atoms with van der Waals surface area (Å²) >= 11 is 0. The third-order valence-corrected chi connectivity index (χ3v) is 5.04. The fourth-order valence-corrected chi connectivity index (χ4v) is 3.58. The predicted molar refractivity (Wildman–Crippen MR) is 115 cm³/mol. The van der Waals surface area contributed by atoms with Gasteiger partial charge in [0.15, 0.2) is 11.6 Å². The SMILES string of the molecule is CCc1nc(-c2ccc3ccccc3c2)nc(-c2cccc3ccccc23)n1. The monoisotopic (exact) mass is 361 g/mol. The van der Waals surface area contributed by atoms with Crippen LogP contribution < -0.4 is 0 Å². The maximum Gasteiger partial charge on any atom is 0.164 e. The van der Waals surface area contributed by atoms with Crippen molar-refractivity contribution in [3.63, 3.8) is 0 Å². The van der Waals surface area contributed by atoms with Crippen molar-refractivity contribution in [1.29, 1.82) is 0 Å². The van der Waals surface area contributed by atoms with Crippen molar-refractivity contribution in [2.24, 2.45) is 0 Å². The van der Waals surface area contributed by atoms with Crippen LogP contribution in [-0.4, -0.2) is 15.0 Å². The average molecular weight is 361 g/mol. The molecule has 0 bridgehead atoms. The summed E-state index contributed by atoms with van der Waals surface area (Å²) < 4.78 is 0. The van der Waals surface area contributed by atoms with Gasteiger partial charge in [-0.3, -0.25) is 0 Å². The minimum absolute atomic E-state index is 0.723. The lowest BCUT2D eigenvalue weighted by molar-refractivity contribution is 0.911. The van der Waals surface area contributed by atoms with Gasteiger partial charge in [-0.15, -0.1) is 0 Å². The van der Waals surface area contributed by atoms with Crippen molar-refractivity contribution in [1.82, 2.24) is 15.0 Å². The van der Waals surface area contributed by atoms with Crippen LogP contribution in [0.2, 0.25) is 0 Å². The smallest absolute Gasteiger partial charge is 0.164 e. The minimum Gasteiger partial charge on any atom is -0.213 e. The van der Waals surface area contributed by atoms with Crippen LogP contribution in [0, 0.1) is 0 Å². The summed E-state index contributed by atoms with van der Waals surface area (Å²) in [6, 6.07) is 29.3. The fraction of sp³-hybridized carbons (Fsp3) is 0.0800. The molecular weight excluding hydrogens is 342 g/mol. The standard InChI is InChI=1S/C25H19N3/c1-2-23-26-24(20-15-14-17-8-3-4-10-19(17)16-20)28-25(27-23)22-13-7-11-18-9-5-6-12-21(18)22/h3-16H,2H2,1H3. The summed E-state index contributed by atoms with van der Waals surface area (Å²) in [5.74, 6) is 2.26. The van der Waals surface area contributed by atoms with Gasteiger partial charge in [0.2, 0.25) is 0 Å². The number of nitrogens with zero attached hydrogens (tertiary/aromatic N) is 3. The lowest BCUT2D eigenvalue weighted by Crippen LogP contribution is -2.02. The largest absolute Gasteiger partial charge is 0.213 e. The fourth-order valence-electron chi connectivity index (χ4n) is 3.58. The van der Waals surface area contributed by atoms with Gasteiger partial charge in [-0.25, -0.2) is 15.0 Å². The van der Waals surface area contributed by atoms with Crippen molar-refractivity contribution in [2.75, 3.05) is 0 Å². The highest BCUT2D eigenvalue weighted by molar-refractivity contribution is 5.95. The Hall–Kier alpha value is -3.59. The summed E-state index contributed by atoms with van der Waals surface area (Å²) in [6.45, 7) is 2.08. The summed E-state index contributed by atoms with van der Waals surface area (Å²) in [5.41, 5.74) is 2.05. The van der Waals surface area contributed by atoms with Crippen molar-refractivity contribution >= 4 is 21.5 Å². The molecule has 0 saturated carbocycles. The highest BCUT2D eigenvalue weighted by Crippen LogP contribution is 2.28.